The van der Waals surface area contributed by atoms with Crippen molar-refractivity contribution in [1.29, 1.82) is 0 Å². The minimum absolute atomic E-state index is 0.0411. The molecule has 1 saturated heterocycles. The molecule has 2 aliphatic heterocycles. The third kappa shape index (κ3) is 4.79. The monoisotopic (exact) mass is 540 g/mol. The van der Waals surface area contributed by atoms with Crippen molar-refractivity contribution in [3.63, 3.8) is 0 Å². The average molecular weight is 541 g/mol. The van der Waals surface area contributed by atoms with Crippen molar-refractivity contribution in [2.45, 2.75) is 63.1 Å². The highest BCUT2D eigenvalue weighted by Gasteiger charge is 2.29. The summed E-state index contributed by atoms with van der Waals surface area (Å²) >= 11 is 1.84. The predicted octanol–water partition coefficient (Wildman–Crippen LogP) is 3.34. The van der Waals surface area contributed by atoms with Gasteiger partial charge in [-0.3, -0.25) is 18.7 Å². The summed E-state index contributed by atoms with van der Waals surface area (Å²) < 4.78 is 27.7. The minimum Gasteiger partial charge on any atom is -0.454 e. The molecule has 0 unspecified atom stereocenters. The summed E-state index contributed by atoms with van der Waals surface area (Å²) in [6.45, 7) is 0.185. The predicted molar refractivity (Wildman–Crippen MR) is 142 cm³/mol. The fraction of sp³-hybridized carbons (Fsp3) is 0.481. The third-order valence-electron chi connectivity index (χ3n) is 7.71. The Balaban J connectivity index is 1.19. The largest absolute Gasteiger partial charge is 0.454 e. The van der Waals surface area contributed by atoms with Crippen LogP contribution in [0.3, 0.4) is 0 Å². The van der Waals surface area contributed by atoms with Crippen molar-refractivity contribution < 1.29 is 18.7 Å². The fourth-order valence-electron chi connectivity index (χ4n) is 5.79. The van der Waals surface area contributed by atoms with E-state index >= 15 is 0 Å². The lowest BCUT2D eigenvalue weighted by molar-refractivity contribution is -0.121. The van der Waals surface area contributed by atoms with Gasteiger partial charge in [-0.15, -0.1) is 0 Å². The molecule has 1 aliphatic carbocycles. The van der Waals surface area contributed by atoms with Gasteiger partial charge in [0.25, 0.3) is 5.56 Å². The lowest BCUT2D eigenvalue weighted by Crippen LogP contribution is -2.46. The SMILES string of the molecule is O=C(Cc1ccc2c(c1)OCO2)NC1CCC(n2c(=O)c3cc(F)cnc3n(C3CCSCC3)c2=O)CC1. The number of fused-ring (bicyclic) bond motifs is 2. The van der Waals surface area contributed by atoms with Crippen LogP contribution in [0.4, 0.5) is 4.39 Å². The van der Waals surface area contributed by atoms with Crippen molar-refractivity contribution >= 4 is 28.7 Å². The second-order valence-corrected chi connectivity index (χ2v) is 11.4. The zero-order chi connectivity index (χ0) is 26.2. The van der Waals surface area contributed by atoms with Gasteiger partial charge in [-0.2, -0.15) is 11.8 Å². The molecule has 1 aromatic carbocycles. The van der Waals surface area contributed by atoms with Crippen LogP contribution < -0.4 is 26.0 Å². The van der Waals surface area contributed by atoms with Crippen LogP contribution in [0, 0.1) is 5.82 Å². The zero-order valence-corrected chi connectivity index (χ0v) is 21.7. The van der Waals surface area contributed by atoms with Gasteiger partial charge in [0.1, 0.15) is 11.5 Å². The van der Waals surface area contributed by atoms with Crippen molar-refractivity contribution in [2.75, 3.05) is 18.3 Å². The number of benzene rings is 1. The van der Waals surface area contributed by atoms with Crippen LogP contribution in [0.1, 0.15) is 56.2 Å². The summed E-state index contributed by atoms with van der Waals surface area (Å²) in [5, 5.41) is 3.23. The van der Waals surface area contributed by atoms with E-state index in [2.05, 4.69) is 10.3 Å². The number of carbonyl (C=O) groups is 1. The fourth-order valence-corrected chi connectivity index (χ4v) is 6.87. The van der Waals surface area contributed by atoms with Gasteiger partial charge in [-0.05, 0) is 73.8 Å². The summed E-state index contributed by atoms with van der Waals surface area (Å²) in [6, 6.07) is 6.24. The Kier molecular flexibility index (Phi) is 6.86. The molecule has 3 aliphatic rings. The smallest absolute Gasteiger partial charge is 0.333 e. The topological polar surface area (TPSA) is 104 Å². The van der Waals surface area contributed by atoms with E-state index < -0.39 is 11.4 Å². The van der Waals surface area contributed by atoms with Crippen LogP contribution in [-0.4, -0.2) is 44.4 Å². The molecule has 0 bridgehead atoms. The van der Waals surface area contributed by atoms with Gasteiger partial charge in [0.15, 0.2) is 11.5 Å². The quantitative estimate of drug-likeness (QED) is 0.529. The van der Waals surface area contributed by atoms with Crippen molar-refractivity contribution in [3.05, 3.63) is 62.7 Å². The van der Waals surface area contributed by atoms with Gasteiger partial charge in [0.05, 0.1) is 18.0 Å². The van der Waals surface area contributed by atoms with Crippen molar-refractivity contribution in [2.24, 2.45) is 0 Å². The second-order valence-electron chi connectivity index (χ2n) is 10.1. The summed E-state index contributed by atoms with van der Waals surface area (Å²) in [5.74, 6) is 2.49. The first-order valence-corrected chi connectivity index (χ1v) is 14.2. The van der Waals surface area contributed by atoms with Gasteiger partial charge >= 0.3 is 5.69 Å². The molecule has 1 saturated carbocycles. The molecule has 0 spiro atoms. The number of carbonyl (C=O) groups excluding carboxylic acids is 1. The van der Waals surface area contributed by atoms with E-state index in [1.54, 1.807) is 10.6 Å². The standard InChI is InChI=1S/C27H29FN4O5S/c28-17-13-21-25(29-14-17)31(20-7-9-38-10-8-20)27(35)32(26(21)34)19-4-2-18(3-5-19)30-24(33)12-16-1-6-22-23(11-16)37-15-36-22/h1,6,11,13-14,18-20H,2-5,7-10,12,15H2,(H,30,33). The molecule has 3 aromatic rings. The number of thioether (sulfide) groups is 1. The maximum atomic E-state index is 14.1. The molecule has 6 rings (SSSR count). The summed E-state index contributed by atoms with van der Waals surface area (Å²) in [7, 11) is 0. The number of hydrogen-bond acceptors (Lipinski definition) is 7. The summed E-state index contributed by atoms with van der Waals surface area (Å²) in [4.78, 5) is 44.0. The van der Waals surface area contributed by atoms with Crippen LogP contribution in [0.15, 0.2) is 40.1 Å². The number of nitrogens with zero attached hydrogens (tertiary/aromatic N) is 3. The van der Waals surface area contributed by atoms with E-state index in [4.69, 9.17) is 9.47 Å². The van der Waals surface area contributed by atoms with E-state index in [0.29, 0.717) is 37.2 Å². The molecule has 0 radical (unpaired) electrons. The van der Waals surface area contributed by atoms with E-state index in [1.807, 2.05) is 23.9 Å². The minimum atomic E-state index is -0.598. The molecule has 9 nitrogen and oxygen atoms in total. The summed E-state index contributed by atoms with van der Waals surface area (Å²) in [6.07, 6.45) is 5.32. The van der Waals surface area contributed by atoms with Crippen molar-refractivity contribution in [3.8, 4) is 11.5 Å². The molecule has 11 heteroatoms. The van der Waals surface area contributed by atoms with E-state index in [-0.39, 0.29) is 54.0 Å². The lowest BCUT2D eigenvalue weighted by Gasteiger charge is -2.31. The molecule has 2 fully saturated rings. The zero-order valence-electron chi connectivity index (χ0n) is 20.9. The van der Waals surface area contributed by atoms with Gasteiger partial charge < -0.3 is 14.8 Å². The highest BCUT2D eigenvalue weighted by Crippen LogP contribution is 2.33. The number of nitrogens with one attached hydrogen (secondary N) is 1. The number of aromatic nitrogens is 3. The van der Waals surface area contributed by atoms with E-state index in [1.165, 1.54) is 10.6 Å². The number of amides is 1. The molecular weight excluding hydrogens is 511 g/mol. The normalized spacial score (nSPS) is 21.5. The third-order valence-corrected chi connectivity index (χ3v) is 8.76. The average Bonchev–Trinajstić information content (AvgIpc) is 3.39. The molecule has 1 amide bonds. The highest BCUT2D eigenvalue weighted by atomic mass is 32.2. The molecular formula is C27H29FN4O5S. The molecule has 0 atom stereocenters. The molecule has 200 valence electrons. The number of halogens is 1. The number of pyridine rings is 1. The highest BCUT2D eigenvalue weighted by molar-refractivity contribution is 7.99. The first-order valence-electron chi connectivity index (χ1n) is 13.1. The van der Waals surface area contributed by atoms with Crippen LogP contribution >= 0.6 is 11.8 Å². The Bertz CT molecular complexity index is 1490. The maximum absolute atomic E-state index is 14.1. The van der Waals surface area contributed by atoms with Gasteiger partial charge in [0.2, 0.25) is 12.7 Å². The van der Waals surface area contributed by atoms with Gasteiger partial charge in [0, 0.05) is 18.1 Å². The van der Waals surface area contributed by atoms with E-state index in [9.17, 15) is 18.8 Å². The van der Waals surface area contributed by atoms with Crippen LogP contribution in [0.25, 0.3) is 11.0 Å². The van der Waals surface area contributed by atoms with Gasteiger partial charge in [-0.1, -0.05) is 6.07 Å². The van der Waals surface area contributed by atoms with Crippen LogP contribution in [-0.2, 0) is 11.2 Å². The Hall–Kier alpha value is -3.34. The Morgan fingerprint density at radius 1 is 1.00 bits per heavy atom. The first-order chi connectivity index (χ1) is 18.5. The molecule has 2 aromatic heterocycles. The second kappa shape index (κ2) is 10.4. The first kappa shape index (κ1) is 25.0. The van der Waals surface area contributed by atoms with Crippen molar-refractivity contribution in [1.82, 2.24) is 19.4 Å². The number of rotatable bonds is 5. The maximum Gasteiger partial charge on any atom is 0.333 e. The van der Waals surface area contributed by atoms with Crippen LogP contribution in [0.2, 0.25) is 0 Å². The molecule has 38 heavy (non-hydrogen) atoms. The lowest BCUT2D eigenvalue weighted by atomic mass is 9.90. The Morgan fingerprint density at radius 2 is 1.74 bits per heavy atom. The van der Waals surface area contributed by atoms with Gasteiger partial charge in [-0.25, -0.2) is 14.2 Å². The Morgan fingerprint density at radius 3 is 2.53 bits per heavy atom. The number of ether oxygens (including phenoxy) is 2. The van der Waals surface area contributed by atoms with E-state index in [0.717, 1.165) is 36.1 Å². The summed E-state index contributed by atoms with van der Waals surface area (Å²) in [5.41, 5.74) is 0.243. The van der Waals surface area contributed by atoms with Crippen LogP contribution in [0.5, 0.6) is 11.5 Å². The molecule has 1 N–H and O–H groups in total. The number of hydrogen-bond donors (Lipinski definition) is 1. The molecule has 4 heterocycles. The Labute approximate surface area is 222 Å².